The number of carbonyl (C=O) groups excluding carboxylic acids is 1. The maximum absolute atomic E-state index is 12.8. The predicted molar refractivity (Wildman–Crippen MR) is 95.4 cm³/mol. The fraction of sp³-hybridized carbons (Fsp3) is 0.263. The first kappa shape index (κ1) is 14.7. The van der Waals surface area contributed by atoms with Crippen LogP contribution in [0.2, 0.25) is 0 Å². The zero-order valence-corrected chi connectivity index (χ0v) is 14.3. The maximum atomic E-state index is 12.8. The van der Waals surface area contributed by atoms with E-state index in [0.29, 0.717) is 17.5 Å². The highest BCUT2D eigenvalue weighted by Crippen LogP contribution is 2.37. The first-order valence-corrected chi connectivity index (χ1v) is 9.14. The molecule has 6 heteroatoms. The Morgan fingerprint density at radius 3 is 2.96 bits per heavy atom. The van der Waals surface area contributed by atoms with Crippen molar-refractivity contribution >= 4 is 27.5 Å². The van der Waals surface area contributed by atoms with Crippen LogP contribution in [0.5, 0.6) is 11.5 Å². The van der Waals surface area contributed by atoms with Gasteiger partial charge in [0.15, 0.2) is 16.5 Å². The van der Waals surface area contributed by atoms with E-state index < -0.39 is 0 Å². The Kier molecular flexibility index (Phi) is 3.38. The molecule has 1 atom stereocenters. The monoisotopic (exact) mass is 352 g/mol. The Balaban J connectivity index is 1.35. The van der Waals surface area contributed by atoms with Crippen molar-refractivity contribution < 1.29 is 14.3 Å². The lowest BCUT2D eigenvalue weighted by atomic mass is 9.98. The van der Waals surface area contributed by atoms with Crippen LogP contribution in [0.3, 0.4) is 0 Å². The van der Waals surface area contributed by atoms with E-state index in [2.05, 4.69) is 11.1 Å². The predicted octanol–water partition coefficient (Wildman–Crippen LogP) is 3.65. The van der Waals surface area contributed by atoms with Crippen molar-refractivity contribution in [3.8, 4) is 11.5 Å². The van der Waals surface area contributed by atoms with Crippen LogP contribution >= 0.6 is 11.3 Å². The molecule has 3 heterocycles. The summed E-state index contributed by atoms with van der Waals surface area (Å²) in [6.45, 7) is 1.76. The van der Waals surface area contributed by atoms with Crippen molar-refractivity contribution in [3.63, 3.8) is 0 Å². The largest absolute Gasteiger partial charge is 0.454 e. The number of hydrogen-bond acceptors (Lipinski definition) is 5. The third kappa shape index (κ3) is 2.53. The van der Waals surface area contributed by atoms with Crippen molar-refractivity contribution in [2.45, 2.75) is 12.3 Å². The number of rotatable bonds is 2. The van der Waals surface area contributed by atoms with E-state index in [1.165, 1.54) is 16.9 Å². The lowest BCUT2D eigenvalue weighted by molar-refractivity contribution is 0.0790. The van der Waals surface area contributed by atoms with Crippen LogP contribution in [0.1, 0.15) is 27.7 Å². The van der Waals surface area contributed by atoms with Crippen molar-refractivity contribution in [1.29, 1.82) is 0 Å². The molecule has 1 fully saturated rings. The van der Waals surface area contributed by atoms with Gasteiger partial charge in [-0.05, 0) is 36.2 Å². The molecule has 5 rings (SSSR count). The van der Waals surface area contributed by atoms with E-state index in [1.807, 2.05) is 41.3 Å². The topological polar surface area (TPSA) is 51.7 Å². The molecular formula is C19H16N2O3S. The highest BCUT2D eigenvalue weighted by atomic mass is 32.1. The molecule has 3 aromatic rings. The Morgan fingerprint density at radius 1 is 1.16 bits per heavy atom. The summed E-state index contributed by atoms with van der Waals surface area (Å²) in [6, 6.07) is 13.9. The molecule has 0 N–H and O–H groups in total. The molecule has 1 saturated heterocycles. The summed E-state index contributed by atoms with van der Waals surface area (Å²) < 4.78 is 11.9. The molecule has 1 unspecified atom stereocenters. The van der Waals surface area contributed by atoms with Gasteiger partial charge in [0.25, 0.3) is 5.91 Å². The van der Waals surface area contributed by atoms with Crippen LogP contribution in [0.25, 0.3) is 10.2 Å². The molecule has 0 aliphatic carbocycles. The summed E-state index contributed by atoms with van der Waals surface area (Å²) in [4.78, 5) is 19.2. The van der Waals surface area contributed by atoms with Gasteiger partial charge in [-0.1, -0.05) is 18.2 Å². The van der Waals surface area contributed by atoms with Gasteiger partial charge < -0.3 is 14.4 Å². The minimum atomic E-state index is 0.0319. The number of likely N-dealkylation sites (tertiary alicyclic amines) is 1. The molecule has 1 amide bonds. The molecule has 2 aromatic carbocycles. The van der Waals surface area contributed by atoms with Gasteiger partial charge in [0.1, 0.15) is 0 Å². The number of amides is 1. The molecule has 0 bridgehead atoms. The number of ether oxygens (including phenoxy) is 2. The number of carbonyl (C=O) groups is 1. The van der Waals surface area contributed by atoms with Crippen molar-refractivity contribution in [2.75, 3.05) is 19.9 Å². The Morgan fingerprint density at radius 2 is 2.04 bits per heavy atom. The molecule has 2 aliphatic heterocycles. The van der Waals surface area contributed by atoms with Crippen LogP contribution in [0.15, 0.2) is 42.5 Å². The fourth-order valence-corrected chi connectivity index (χ4v) is 4.42. The van der Waals surface area contributed by atoms with Gasteiger partial charge in [-0.25, -0.2) is 4.98 Å². The quantitative estimate of drug-likeness (QED) is 0.706. The molecule has 5 nitrogen and oxygen atoms in total. The number of fused-ring (bicyclic) bond motifs is 2. The third-order valence-electron chi connectivity index (χ3n) is 4.82. The molecule has 0 radical (unpaired) electrons. The minimum Gasteiger partial charge on any atom is -0.454 e. The second-order valence-electron chi connectivity index (χ2n) is 6.34. The van der Waals surface area contributed by atoms with E-state index in [9.17, 15) is 4.79 Å². The van der Waals surface area contributed by atoms with Crippen molar-refractivity contribution in [3.05, 3.63) is 53.0 Å². The van der Waals surface area contributed by atoms with Crippen LogP contribution in [0.4, 0.5) is 0 Å². The standard InChI is InChI=1S/C19H16N2O3S/c22-19(18-20-14-3-1-2-4-17(14)25-18)21-8-7-13(10-21)12-5-6-15-16(9-12)24-11-23-15/h1-6,9,13H,7-8,10-11H2. The van der Waals surface area contributed by atoms with E-state index in [4.69, 9.17) is 9.47 Å². The molecule has 0 spiro atoms. The van der Waals surface area contributed by atoms with Crippen LogP contribution in [-0.2, 0) is 0 Å². The summed E-state index contributed by atoms with van der Waals surface area (Å²) in [7, 11) is 0. The first-order valence-electron chi connectivity index (χ1n) is 8.32. The number of thiazole rings is 1. The van der Waals surface area contributed by atoms with Gasteiger partial charge in [0.2, 0.25) is 6.79 Å². The van der Waals surface area contributed by atoms with Gasteiger partial charge in [0, 0.05) is 19.0 Å². The molecule has 0 saturated carbocycles. The summed E-state index contributed by atoms with van der Waals surface area (Å²) in [5.74, 6) is 1.95. The third-order valence-corrected chi connectivity index (χ3v) is 5.84. The Labute approximate surface area is 148 Å². The van der Waals surface area contributed by atoms with Gasteiger partial charge in [-0.2, -0.15) is 0 Å². The van der Waals surface area contributed by atoms with Crippen LogP contribution < -0.4 is 9.47 Å². The van der Waals surface area contributed by atoms with Gasteiger partial charge >= 0.3 is 0 Å². The zero-order chi connectivity index (χ0) is 16.8. The van der Waals surface area contributed by atoms with Gasteiger partial charge in [0.05, 0.1) is 10.2 Å². The first-order chi connectivity index (χ1) is 12.3. The van der Waals surface area contributed by atoms with Crippen LogP contribution in [-0.4, -0.2) is 35.7 Å². The van der Waals surface area contributed by atoms with E-state index >= 15 is 0 Å². The Bertz CT molecular complexity index is 935. The molecule has 25 heavy (non-hydrogen) atoms. The highest BCUT2D eigenvalue weighted by Gasteiger charge is 2.30. The fourth-order valence-electron chi connectivity index (χ4n) is 3.48. The number of aromatic nitrogens is 1. The Hall–Kier alpha value is -2.60. The SMILES string of the molecule is O=C(c1nc2ccccc2s1)N1CCC(c2ccc3c(c2)OCO3)C1. The van der Waals surface area contributed by atoms with Crippen molar-refractivity contribution in [2.24, 2.45) is 0 Å². The number of para-hydroxylation sites is 1. The molecule has 2 aliphatic rings. The van der Waals surface area contributed by atoms with Crippen LogP contribution in [0, 0.1) is 0 Å². The molecule has 1 aromatic heterocycles. The zero-order valence-electron chi connectivity index (χ0n) is 13.5. The number of benzene rings is 2. The molecule has 126 valence electrons. The van der Waals surface area contributed by atoms with Gasteiger partial charge in [-0.15, -0.1) is 11.3 Å². The summed E-state index contributed by atoms with van der Waals surface area (Å²) in [5.41, 5.74) is 2.09. The second-order valence-corrected chi connectivity index (χ2v) is 7.37. The minimum absolute atomic E-state index is 0.0319. The normalized spacial score (nSPS) is 18.9. The second kappa shape index (κ2) is 5.74. The molecular weight excluding hydrogens is 336 g/mol. The lowest BCUT2D eigenvalue weighted by Crippen LogP contribution is -2.28. The lowest BCUT2D eigenvalue weighted by Gasteiger charge is -2.15. The van der Waals surface area contributed by atoms with Crippen molar-refractivity contribution in [1.82, 2.24) is 9.88 Å². The summed E-state index contributed by atoms with van der Waals surface area (Å²) in [6.07, 6.45) is 0.955. The van der Waals surface area contributed by atoms with E-state index in [1.54, 1.807) is 0 Å². The number of hydrogen-bond donors (Lipinski definition) is 0. The van der Waals surface area contributed by atoms with Gasteiger partial charge in [-0.3, -0.25) is 4.79 Å². The average Bonchev–Trinajstić information content (AvgIpc) is 3.38. The summed E-state index contributed by atoms with van der Waals surface area (Å²) in [5, 5.41) is 0.576. The summed E-state index contributed by atoms with van der Waals surface area (Å²) >= 11 is 1.47. The van der Waals surface area contributed by atoms with E-state index in [-0.39, 0.29) is 12.7 Å². The maximum Gasteiger partial charge on any atom is 0.282 e. The highest BCUT2D eigenvalue weighted by molar-refractivity contribution is 7.20. The average molecular weight is 352 g/mol. The smallest absolute Gasteiger partial charge is 0.282 e. The number of nitrogens with zero attached hydrogens (tertiary/aromatic N) is 2. The van der Waals surface area contributed by atoms with E-state index in [0.717, 1.165) is 34.7 Å².